The van der Waals surface area contributed by atoms with Gasteiger partial charge in [0.05, 0.1) is 42.0 Å². The average molecular weight is 2020 g/mol. The topological polar surface area (TPSA) is 298 Å². The van der Waals surface area contributed by atoms with Gasteiger partial charge in [0.15, 0.2) is 0 Å². The summed E-state index contributed by atoms with van der Waals surface area (Å²) >= 11 is 0. The second-order valence-corrected chi connectivity index (χ2v) is 51.2. The summed E-state index contributed by atoms with van der Waals surface area (Å²) in [6, 6.07) is 28.4. The van der Waals surface area contributed by atoms with Gasteiger partial charge in [0.25, 0.3) is 0 Å². The molecule has 0 spiro atoms. The summed E-state index contributed by atoms with van der Waals surface area (Å²) in [6.07, 6.45) is 33.9. The zero-order chi connectivity index (χ0) is 107. The maximum absolute atomic E-state index is 12.3. The van der Waals surface area contributed by atoms with Crippen molar-refractivity contribution in [2.45, 2.75) is 390 Å². The molecule has 28 nitrogen and oxygen atoms in total. The third-order valence-corrected chi connectivity index (χ3v) is 28.7. The fourth-order valence-corrected chi connectivity index (χ4v) is 18.5. The lowest BCUT2D eigenvalue weighted by Crippen LogP contribution is -2.46. The number of nitrogens with zero attached hydrogens (tertiary/aromatic N) is 19. The molecule has 8 fully saturated rings. The number of anilines is 7. The molecule has 8 aromatic rings. The minimum absolute atomic E-state index is 0.0157. The van der Waals surface area contributed by atoms with Crippen LogP contribution in [0.2, 0.25) is 0 Å². The van der Waals surface area contributed by atoms with Gasteiger partial charge >= 0.3 is 0 Å². The van der Waals surface area contributed by atoms with Crippen LogP contribution in [-0.2, 0) is 69.9 Å². The molecule has 147 heavy (non-hydrogen) atoms. The van der Waals surface area contributed by atoms with Gasteiger partial charge in [-0.15, -0.1) is 0 Å². The number of piperidine rings is 5. The molecule has 1 aliphatic carbocycles. The fraction of sp³-hybridized carbons (Fsp3) is 0.672. The molecule has 5 N–H and O–H groups in total. The third kappa shape index (κ3) is 39.6. The number of likely N-dealkylation sites (N-methyl/N-ethyl adjacent to an activating group) is 1. The van der Waals surface area contributed by atoms with E-state index >= 15 is 0 Å². The van der Waals surface area contributed by atoms with E-state index in [2.05, 4.69) is 307 Å². The Morgan fingerprint density at radius 3 is 1.24 bits per heavy atom. The second kappa shape index (κ2) is 54.0. The standard InChI is InChI=1S/2C18H30N4O.C18H30N4.C17H28N4O.C17H28N2.C16H26N4O.C15H18N2/c1-17(2,3)14-11-15(20-12-19-14)21-13-7-9-22(10-8-13)16(23)18(4,5)6;1-13(2)10-17(23)22-8-6-14(7-9-22)21-16-11-15(18(3,4)5)19-12-20-16;1-18(2,3)14-12-16(19-15-6-5-7-15)20-17(13-14)22-10-8-21(4)9-11-22;1-12(2)16(22)21-8-6-13(7-9-21)20-15-10-14(17(3,4)5)18-11-19-15;1-17(2,3)14-10-11-18-15(13-14)8-9-16-7-5-6-12-19(16)4;1-16(2,3)13-9-14(17-12-10-21-11-12)19-15(18-13)20-7-5-4-6-8-20;1-15(2,3)13-6-9-17-14(11-13)10-12-4-7-16-8-5-12/h11-13H,7-10H2,1-6H3,(H,19,20,21);11-14H,6-10H2,1-5H3,(H,19,20,21);12-13,15H,5-11H2,1-4H3,(H,19,20);10-13H,6-9H2,1-5H3,(H,18,19,20);10-11,13,16H,5-9,12H2,1-4H3;9,12H,4-8,10-11H2,1-3H3,(H,17,18,19);4-9,11H,10H2,1-3H3. The summed E-state index contributed by atoms with van der Waals surface area (Å²) < 4.78 is 5.23. The number of pyridine rings is 4. The number of ether oxygens (including phenoxy) is 1. The molecule has 0 radical (unpaired) electrons. The van der Waals surface area contributed by atoms with E-state index in [9.17, 15) is 14.4 Å². The van der Waals surface area contributed by atoms with Crippen molar-refractivity contribution in [2.24, 2.45) is 17.3 Å². The molecule has 3 amide bonds. The zero-order valence-corrected chi connectivity index (χ0v) is 96.3. The van der Waals surface area contributed by atoms with Crippen LogP contribution in [0.5, 0.6) is 0 Å². The minimum atomic E-state index is -0.297. The first-order valence-electron chi connectivity index (χ1n) is 55.4. The lowest BCUT2D eigenvalue weighted by atomic mass is 9.87. The molecular formula is C119H190N24O4. The highest BCUT2D eigenvalue weighted by Gasteiger charge is 2.35. The van der Waals surface area contributed by atoms with Crippen LogP contribution in [0.3, 0.4) is 0 Å². The highest BCUT2D eigenvalue weighted by atomic mass is 16.5. The van der Waals surface area contributed by atoms with Crippen LogP contribution in [-0.4, -0.2) is 251 Å². The van der Waals surface area contributed by atoms with Crippen molar-refractivity contribution in [1.29, 1.82) is 0 Å². The Morgan fingerprint density at radius 1 is 0.374 bits per heavy atom. The predicted octanol–water partition coefficient (Wildman–Crippen LogP) is 22.1. The van der Waals surface area contributed by atoms with Gasteiger partial charge in [-0.2, -0.15) is 4.98 Å². The van der Waals surface area contributed by atoms with Crippen LogP contribution in [0, 0.1) is 17.3 Å². The molecule has 7 aliphatic heterocycles. The molecule has 0 aromatic carbocycles. The number of amides is 3. The summed E-state index contributed by atoms with van der Waals surface area (Å²) in [5.41, 5.74) is 12.3. The number of piperazine rings is 1. The number of carbonyl (C=O) groups is 3. The zero-order valence-electron chi connectivity index (χ0n) is 96.3. The highest BCUT2D eigenvalue weighted by Crippen LogP contribution is 2.36. The van der Waals surface area contributed by atoms with Crippen molar-refractivity contribution < 1.29 is 19.1 Å². The molecule has 1 unspecified atom stereocenters. The number of hydrogen-bond donors (Lipinski definition) is 5. The first-order valence-corrected chi connectivity index (χ1v) is 55.4. The molecule has 0 bridgehead atoms. The first-order chi connectivity index (χ1) is 69.0. The Morgan fingerprint density at radius 2 is 0.810 bits per heavy atom. The van der Waals surface area contributed by atoms with Crippen LogP contribution in [0.15, 0.2) is 117 Å². The van der Waals surface area contributed by atoms with E-state index in [1.165, 1.54) is 98.7 Å². The number of likely N-dealkylation sites (tertiary alicyclic amines) is 4. The monoisotopic (exact) mass is 2020 g/mol. The average Bonchev–Trinajstić information content (AvgIpc) is 0.800. The lowest BCUT2D eigenvalue weighted by Gasteiger charge is -2.36. The molecule has 8 aromatic heterocycles. The maximum atomic E-state index is 12.3. The number of hydrogen-bond acceptors (Lipinski definition) is 25. The van der Waals surface area contributed by atoms with Gasteiger partial charge in [0, 0.05) is 215 Å². The lowest BCUT2D eigenvalue weighted by molar-refractivity contribution is -0.140. The SMILES string of the molecule is CC(C)(C)C(=O)N1CCC(Nc2cc(C(C)(C)C)ncn2)CC1.CC(C)(C)c1cc(NC2COC2)nc(N2CCCCC2)n1.CC(C)(C)c1ccnc(Cc2ccncc2)c1.CC(C)C(=O)N1CCC(Nc2cc(C(C)(C)C)ncn2)CC1.CC(C)CC(=O)N1CCC(Nc2cc(C(C)(C)C)ncn2)CC1.CN1CCCCC1CCc1cc(C(C)(C)C)ccn1.CN1CCN(c2cc(C(C)(C)C)cc(NC3CCC3)n2)CC1. The fourth-order valence-electron chi connectivity index (χ4n) is 18.5. The van der Waals surface area contributed by atoms with Crippen LogP contribution in [0.25, 0.3) is 0 Å². The minimum Gasteiger partial charge on any atom is -0.377 e. The predicted molar refractivity (Wildman–Crippen MR) is 606 cm³/mol. The highest BCUT2D eigenvalue weighted by molar-refractivity contribution is 5.81. The van der Waals surface area contributed by atoms with Crippen LogP contribution < -0.4 is 36.4 Å². The van der Waals surface area contributed by atoms with Crippen molar-refractivity contribution in [2.75, 3.05) is 149 Å². The van der Waals surface area contributed by atoms with E-state index < -0.39 is 0 Å². The summed E-state index contributed by atoms with van der Waals surface area (Å²) in [5.74, 6) is 7.97. The molecule has 16 rings (SSSR count). The molecule has 1 atom stereocenters. The summed E-state index contributed by atoms with van der Waals surface area (Å²) in [5, 5.41) is 17.6. The smallest absolute Gasteiger partial charge is 0.227 e. The molecule has 7 saturated heterocycles. The summed E-state index contributed by atoms with van der Waals surface area (Å²) in [4.78, 5) is 106. The van der Waals surface area contributed by atoms with E-state index in [1.54, 1.807) is 19.0 Å². The van der Waals surface area contributed by atoms with E-state index in [1.807, 2.05) is 104 Å². The summed E-state index contributed by atoms with van der Waals surface area (Å²) in [7, 11) is 4.46. The van der Waals surface area contributed by atoms with Gasteiger partial charge in [0.1, 0.15) is 53.9 Å². The van der Waals surface area contributed by atoms with Gasteiger partial charge < -0.3 is 65.6 Å². The largest absolute Gasteiger partial charge is 0.377 e. The normalized spacial score (nSPS) is 18.0. The van der Waals surface area contributed by atoms with Crippen molar-refractivity contribution >= 4 is 58.6 Å². The molecule has 8 aliphatic rings. The molecule has 15 heterocycles. The van der Waals surface area contributed by atoms with Gasteiger partial charge in [-0.05, 0) is 216 Å². The van der Waals surface area contributed by atoms with Crippen molar-refractivity contribution in [1.82, 2.24) is 84.3 Å². The Balaban J connectivity index is 0.000000176. The summed E-state index contributed by atoms with van der Waals surface area (Å²) in [6.45, 7) is 74.5. The first kappa shape index (κ1) is 119. The van der Waals surface area contributed by atoms with Crippen molar-refractivity contribution in [3.8, 4) is 0 Å². The van der Waals surface area contributed by atoms with Crippen molar-refractivity contribution in [3.05, 3.63) is 173 Å². The van der Waals surface area contributed by atoms with Gasteiger partial charge in [0.2, 0.25) is 23.7 Å². The van der Waals surface area contributed by atoms with E-state index in [0.29, 0.717) is 42.5 Å². The molecule has 1 saturated carbocycles. The molecular weight excluding hydrogens is 1830 g/mol. The number of aromatic nitrogens is 12. The Kier molecular flexibility index (Phi) is 43.6. The Hall–Kier alpha value is -10.2. The van der Waals surface area contributed by atoms with E-state index in [4.69, 9.17) is 19.7 Å². The number of aryl methyl sites for hydroxylation is 1. The van der Waals surface area contributed by atoms with E-state index in [-0.39, 0.29) is 67.0 Å². The number of carbonyl (C=O) groups excluding carboxylic acids is 3. The van der Waals surface area contributed by atoms with Crippen LogP contribution in [0.4, 0.5) is 40.9 Å². The number of nitrogens with one attached hydrogen (secondary N) is 5. The van der Waals surface area contributed by atoms with E-state index in [0.717, 1.165) is 218 Å². The number of rotatable bonds is 20. The molecule has 28 heteroatoms. The Bertz CT molecular complexity index is 5320. The van der Waals surface area contributed by atoms with Gasteiger partial charge in [-0.3, -0.25) is 29.3 Å². The second-order valence-electron chi connectivity index (χ2n) is 51.2. The maximum Gasteiger partial charge on any atom is 0.227 e. The third-order valence-electron chi connectivity index (χ3n) is 28.7. The van der Waals surface area contributed by atoms with Crippen LogP contribution in [0.1, 0.15) is 359 Å². The molecule has 810 valence electrons. The van der Waals surface area contributed by atoms with Crippen LogP contribution >= 0.6 is 0 Å². The van der Waals surface area contributed by atoms with Crippen molar-refractivity contribution in [3.63, 3.8) is 0 Å². The Labute approximate surface area is 885 Å². The quantitative estimate of drug-likeness (QED) is 0.0473. The van der Waals surface area contributed by atoms with Gasteiger partial charge in [-0.25, -0.2) is 39.9 Å². The van der Waals surface area contributed by atoms with Gasteiger partial charge in [-0.1, -0.05) is 200 Å².